The van der Waals surface area contributed by atoms with Crippen LogP contribution in [0.15, 0.2) is 54.7 Å². The molecular weight excluding hydrogens is 330 g/mol. The molecule has 0 unspecified atom stereocenters. The number of hydrogen-bond acceptors (Lipinski definition) is 4. The van der Waals surface area contributed by atoms with Crippen molar-refractivity contribution in [3.63, 3.8) is 0 Å². The number of benzene rings is 2. The van der Waals surface area contributed by atoms with Crippen LogP contribution in [0.4, 0.5) is 0 Å². The van der Waals surface area contributed by atoms with Crippen molar-refractivity contribution in [3.05, 3.63) is 59.8 Å². The topological polar surface area (TPSA) is 39.4 Å². The Hall–Kier alpha value is -2.37. The van der Waals surface area contributed by atoms with Gasteiger partial charge in [-0.05, 0) is 36.4 Å². The summed E-state index contributed by atoms with van der Waals surface area (Å²) in [4.78, 5) is 5.51. The third-order valence-electron chi connectivity index (χ3n) is 3.52. The minimum atomic E-state index is 0.717. The molecule has 2 heterocycles. The Morgan fingerprint density at radius 2 is 1.70 bits per heavy atom. The first-order chi connectivity index (χ1) is 11.2. The molecule has 0 saturated heterocycles. The van der Waals surface area contributed by atoms with Crippen LogP contribution in [0, 0.1) is 0 Å². The van der Waals surface area contributed by atoms with Gasteiger partial charge in [0.15, 0.2) is 0 Å². The number of ether oxygens (including phenoxy) is 1. The van der Waals surface area contributed by atoms with Gasteiger partial charge < -0.3 is 4.74 Å². The Morgan fingerprint density at radius 3 is 2.35 bits per heavy atom. The van der Waals surface area contributed by atoms with Crippen molar-refractivity contribution in [2.45, 2.75) is 0 Å². The minimum Gasteiger partial charge on any atom is -0.497 e. The van der Waals surface area contributed by atoms with Gasteiger partial charge in [-0.3, -0.25) is 0 Å². The number of nitrogens with zero attached hydrogens (tertiary/aromatic N) is 3. The number of rotatable bonds is 3. The molecule has 0 atom stereocenters. The second-order valence-corrected chi connectivity index (χ2v) is 6.39. The van der Waals surface area contributed by atoms with Crippen molar-refractivity contribution >= 4 is 27.9 Å². The Balaban J connectivity index is 1.69. The number of halogens is 1. The van der Waals surface area contributed by atoms with Gasteiger partial charge in [0.1, 0.15) is 10.8 Å². The van der Waals surface area contributed by atoms with Crippen molar-refractivity contribution in [3.8, 4) is 27.6 Å². The molecule has 0 spiro atoms. The fourth-order valence-electron chi connectivity index (χ4n) is 2.31. The van der Waals surface area contributed by atoms with E-state index in [9.17, 15) is 0 Å². The standard InChI is InChI=1S/C17H12ClN3OS/c1-22-14-8-4-12(5-9-14)16-20-21-10-15(19-17(21)23-16)11-2-6-13(18)7-3-11/h2-10H,1H3. The van der Waals surface area contributed by atoms with Crippen molar-refractivity contribution in [1.82, 2.24) is 14.6 Å². The Morgan fingerprint density at radius 1 is 1.00 bits per heavy atom. The molecule has 0 aliphatic rings. The molecule has 2 aromatic carbocycles. The van der Waals surface area contributed by atoms with Gasteiger partial charge in [-0.1, -0.05) is 35.1 Å². The average Bonchev–Trinajstić information content (AvgIpc) is 3.14. The molecule has 4 nitrogen and oxygen atoms in total. The maximum atomic E-state index is 5.92. The molecule has 0 fully saturated rings. The van der Waals surface area contributed by atoms with Crippen molar-refractivity contribution in [2.75, 3.05) is 7.11 Å². The lowest BCUT2D eigenvalue weighted by Gasteiger charge is -1.99. The van der Waals surface area contributed by atoms with Crippen LogP contribution in [0.1, 0.15) is 0 Å². The first kappa shape index (κ1) is 14.2. The van der Waals surface area contributed by atoms with Gasteiger partial charge in [0.2, 0.25) is 4.96 Å². The lowest BCUT2D eigenvalue weighted by Crippen LogP contribution is -1.84. The minimum absolute atomic E-state index is 0.717. The Kier molecular flexibility index (Phi) is 3.52. The molecule has 4 aromatic rings. The average molecular weight is 342 g/mol. The molecule has 23 heavy (non-hydrogen) atoms. The predicted octanol–water partition coefficient (Wildman–Crippen LogP) is 4.79. The zero-order chi connectivity index (χ0) is 15.8. The van der Waals surface area contributed by atoms with E-state index in [-0.39, 0.29) is 0 Å². The van der Waals surface area contributed by atoms with Crippen molar-refractivity contribution < 1.29 is 4.74 Å². The molecular formula is C17H12ClN3OS. The number of hydrogen-bond donors (Lipinski definition) is 0. The summed E-state index contributed by atoms with van der Waals surface area (Å²) in [7, 11) is 1.66. The van der Waals surface area contributed by atoms with Crippen molar-refractivity contribution in [2.24, 2.45) is 0 Å². The number of fused-ring (bicyclic) bond motifs is 1. The second kappa shape index (κ2) is 5.68. The first-order valence-corrected chi connectivity index (χ1v) is 8.19. The lowest BCUT2D eigenvalue weighted by atomic mass is 10.2. The summed E-state index contributed by atoms with van der Waals surface area (Å²) in [5, 5.41) is 6.25. The maximum Gasteiger partial charge on any atom is 0.213 e. The molecule has 0 N–H and O–H groups in total. The Bertz CT molecular complexity index is 926. The van der Waals surface area contributed by atoms with Gasteiger partial charge in [-0.25, -0.2) is 9.50 Å². The van der Waals surface area contributed by atoms with Gasteiger partial charge in [0.05, 0.1) is 19.0 Å². The van der Waals surface area contributed by atoms with Crippen LogP contribution in [0.25, 0.3) is 26.8 Å². The first-order valence-electron chi connectivity index (χ1n) is 6.99. The molecule has 2 aromatic heterocycles. The summed E-state index contributed by atoms with van der Waals surface area (Å²) < 4.78 is 6.99. The van der Waals surface area contributed by atoms with Crippen molar-refractivity contribution in [1.29, 1.82) is 0 Å². The smallest absolute Gasteiger partial charge is 0.213 e. The van der Waals surface area contributed by atoms with E-state index in [0.717, 1.165) is 37.6 Å². The number of aromatic nitrogens is 3. The maximum absolute atomic E-state index is 5.92. The van der Waals surface area contributed by atoms with E-state index < -0.39 is 0 Å². The number of methoxy groups -OCH3 is 1. The van der Waals surface area contributed by atoms with E-state index in [2.05, 4.69) is 10.1 Å². The fourth-order valence-corrected chi connectivity index (χ4v) is 3.32. The SMILES string of the molecule is COc1ccc(-c2nn3cc(-c4ccc(Cl)cc4)nc3s2)cc1. The summed E-state index contributed by atoms with van der Waals surface area (Å²) in [6.07, 6.45) is 1.93. The Labute approximate surface area is 141 Å². The molecule has 0 bridgehead atoms. The third-order valence-corrected chi connectivity index (χ3v) is 4.74. The molecule has 0 radical (unpaired) electrons. The van der Waals surface area contributed by atoms with Crippen LogP contribution in [0.3, 0.4) is 0 Å². The highest BCUT2D eigenvalue weighted by atomic mass is 35.5. The highest BCUT2D eigenvalue weighted by Crippen LogP contribution is 2.29. The monoisotopic (exact) mass is 341 g/mol. The highest BCUT2D eigenvalue weighted by Gasteiger charge is 2.11. The van der Waals surface area contributed by atoms with Crippen LogP contribution in [-0.4, -0.2) is 21.7 Å². The summed E-state index contributed by atoms with van der Waals surface area (Å²) in [6.45, 7) is 0. The third kappa shape index (κ3) is 2.69. The summed E-state index contributed by atoms with van der Waals surface area (Å²) >= 11 is 7.48. The van der Waals surface area contributed by atoms with Gasteiger partial charge in [0, 0.05) is 16.1 Å². The highest BCUT2D eigenvalue weighted by molar-refractivity contribution is 7.19. The van der Waals surface area contributed by atoms with Gasteiger partial charge in [0.25, 0.3) is 0 Å². The molecule has 114 valence electrons. The molecule has 0 aliphatic carbocycles. The zero-order valence-electron chi connectivity index (χ0n) is 12.2. The van der Waals surface area contributed by atoms with E-state index in [1.165, 1.54) is 0 Å². The van der Waals surface area contributed by atoms with E-state index in [4.69, 9.17) is 16.3 Å². The van der Waals surface area contributed by atoms with Crippen LogP contribution in [0.2, 0.25) is 5.02 Å². The van der Waals surface area contributed by atoms with Gasteiger partial charge in [-0.2, -0.15) is 5.10 Å². The second-order valence-electron chi connectivity index (χ2n) is 5.00. The van der Waals surface area contributed by atoms with Crippen LogP contribution >= 0.6 is 22.9 Å². The predicted molar refractivity (Wildman–Crippen MR) is 93.3 cm³/mol. The normalized spacial score (nSPS) is 11.0. The van der Waals surface area contributed by atoms with Crippen LogP contribution in [0.5, 0.6) is 5.75 Å². The van der Waals surface area contributed by atoms with Crippen LogP contribution < -0.4 is 4.74 Å². The lowest BCUT2D eigenvalue weighted by molar-refractivity contribution is 0.415. The van der Waals surface area contributed by atoms with Crippen LogP contribution in [-0.2, 0) is 0 Å². The fraction of sp³-hybridized carbons (Fsp3) is 0.0588. The van der Waals surface area contributed by atoms with Gasteiger partial charge >= 0.3 is 0 Å². The summed E-state index contributed by atoms with van der Waals surface area (Å²) in [5.41, 5.74) is 2.97. The quantitative estimate of drug-likeness (QED) is 0.538. The molecule has 6 heteroatoms. The van der Waals surface area contributed by atoms with E-state index in [0.29, 0.717) is 0 Å². The molecule has 4 rings (SSSR count). The largest absolute Gasteiger partial charge is 0.497 e. The summed E-state index contributed by atoms with van der Waals surface area (Å²) in [6, 6.07) is 15.5. The molecule has 0 amide bonds. The molecule has 0 aliphatic heterocycles. The zero-order valence-corrected chi connectivity index (χ0v) is 13.8. The number of imidazole rings is 1. The molecule has 0 saturated carbocycles. The summed E-state index contributed by atoms with van der Waals surface area (Å²) in [5.74, 6) is 0.833. The van der Waals surface area contributed by atoms with E-state index >= 15 is 0 Å². The van der Waals surface area contributed by atoms with E-state index in [1.807, 2.05) is 59.2 Å². The van der Waals surface area contributed by atoms with Gasteiger partial charge in [-0.15, -0.1) is 0 Å². The van der Waals surface area contributed by atoms with E-state index in [1.54, 1.807) is 18.4 Å².